The zero-order chi connectivity index (χ0) is 11.7. The van der Waals surface area contributed by atoms with E-state index in [0.29, 0.717) is 0 Å². The van der Waals surface area contributed by atoms with Crippen LogP contribution in [0.5, 0.6) is 0 Å². The second kappa shape index (κ2) is 3.88. The molecule has 1 aromatic heterocycles. The SMILES string of the molecule is O=C(Cn1cc([N+](=O)[O-])ccc1=O)C1CC1. The molecule has 0 bridgehead atoms. The highest BCUT2D eigenvalue weighted by atomic mass is 16.6. The van der Waals surface area contributed by atoms with Gasteiger partial charge in [-0.2, -0.15) is 0 Å². The van der Waals surface area contributed by atoms with Gasteiger partial charge in [0.25, 0.3) is 11.2 Å². The third-order valence-electron chi connectivity index (χ3n) is 2.54. The molecule has 0 aromatic carbocycles. The number of carbonyl (C=O) groups is 1. The van der Waals surface area contributed by atoms with Crippen LogP contribution in [-0.2, 0) is 11.3 Å². The third kappa shape index (κ3) is 2.16. The molecule has 0 unspecified atom stereocenters. The summed E-state index contributed by atoms with van der Waals surface area (Å²) in [5, 5.41) is 10.5. The largest absolute Gasteiger partial charge is 0.301 e. The van der Waals surface area contributed by atoms with Crippen molar-refractivity contribution < 1.29 is 9.72 Å². The van der Waals surface area contributed by atoms with Gasteiger partial charge in [0, 0.05) is 18.1 Å². The van der Waals surface area contributed by atoms with E-state index in [9.17, 15) is 19.7 Å². The molecule has 1 saturated carbocycles. The van der Waals surface area contributed by atoms with E-state index in [4.69, 9.17) is 0 Å². The Bertz CT molecular complexity index is 502. The van der Waals surface area contributed by atoms with E-state index in [1.165, 1.54) is 0 Å². The van der Waals surface area contributed by atoms with E-state index in [0.717, 1.165) is 35.7 Å². The van der Waals surface area contributed by atoms with Crippen LogP contribution < -0.4 is 5.56 Å². The van der Waals surface area contributed by atoms with Crippen LogP contribution in [0, 0.1) is 16.0 Å². The van der Waals surface area contributed by atoms with Crippen molar-refractivity contribution in [1.82, 2.24) is 4.57 Å². The maximum Gasteiger partial charge on any atom is 0.285 e. The number of nitro groups is 1. The van der Waals surface area contributed by atoms with Crippen LogP contribution in [0.25, 0.3) is 0 Å². The monoisotopic (exact) mass is 222 g/mol. The molecule has 1 aliphatic rings. The molecule has 0 atom stereocenters. The molecule has 2 rings (SSSR count). The van der Waals surface area contributed by atoms with Gasteiger partial charge in [-0.15, -0.1) is 0 Å². The summed E-state index contributed by atoms with van der Waals surface area (Å²) in [5.74, 6) is 0.0220. The first-order valence-corrected chi connectivity index (χ1v) is 4.95. The fourth-order valence-electron chi connectivity index (χ4n) is 1.45. The summed E-state index contributed by atoms with van der Waals surface area (Å²) in [7, 11) is 0. The van der Waals surface area contributed by atoms with Crippen molar-refractivity contribution in [3.63, 3.8) is 0 Å². The van der Waals surface area contributed by atoms with Crippen molar-refractivity contribution in [2.45, 2.75) is 19.4 Å². The highest BCUT2D eigenvalue weighted by Crippen LogP contribution is 2.30. The van der Waals surface area contributed by atoms with Gasteiger partial charge in [-0.3, -0.25) is 19.7 Å². The summed E-state index contributed by atoms with van der Waals surface area (Å²) in [6.07, 6.45) is 2.84. The van der Waals surface area contributed by atoms with Crippen LogP contribution in [0.4, 0.5) is 5.69 Å². The Morgan fingerprint density at radius 3 is 2.75 bits per heavy atom. The average Bonchev–Trinajstić information content (AvgIpc) is 3.04. The smallest absolute Gasteiger partial charge is 0.285 e. The van der Waals surface area contributed by atoms with E-state index >= 15 is 0 Å². The summed E-state index contributed by atoms with van der Waals surface area (Å²) in [5.41, 5.74) is -0.567. The predicted octanol–water partition coefficient (Wildman–Crippen LogP) is 0.736. The van der Waals surface area contributed by atoms with Crippen molar-refractivity contribution in [2.75, 3.05) is 0 Å². The van der Waals surface area contributed by atoms with E-state index in [1.807, 2.05) is 0 Å². The second-order valence-electron chi connectivity index (χ2n) is 3.85. The second-order valence-corrected chi connectivity index (χ2v) is 3.85. The number of hydrogen-bond acceptors (Lipinski definition) is 4. The molecule has 0 spiro atoms. The van der Waals surface area contributed by atoms with Crippen LogP contribution in [0.15, 0.2) is 23.1 Å². The molecule has 0 N–H and O–H groups in total. The normalized spacial score (nSPS) is 14.8. The number of rotatable bonds is 4. The Labute approximate surface area is 90.7 Å². The van der Waals surface area contributed by atoms with Crippen molar-refractivity contribution >= 4 is 11.5 Å². The molecule has 0 amide bonds. The van der Waals surface area contributed by atoms with Gasteiger partial charge >= 0.3 is 0 Å². The molecule has 1 fully saturated rings. The Kier molecular flexibility index (Phi) is 2.55. The van der Waals surface area contributed by atoms with Crippen LogP contribution in [0.3, 0.4) is 0 Å². The maximum atomic E-state index is 11.5. The van der Waals surface area contributed by atoms with Gasteiger partial charge in [-0.25, -0.2) is 0 Å². The molecule has 0 radical (unpaired) electrons. The van der Waals surface area contributed by atoms with Crippen molar-refractivity contribution in [2.24, 2.45) is 5.92 Å². The number of carbonyl (C=O) groups excluding carboxylic acids is 1. The third-order valence-corrected chi connectivity index (χ3v) is 2.54. The van der Waals surface area contributed by atoms with Crippen LogP contribution >= 0.6 is 0 Å². The minimum atomic E-state index is -0.586. The first-order chi connectivity index (χ1) is 7.58. The molecule has 0 aliphatic heterocycles. The van der Waals surface area contributed by atoms with E-state index in [1.54, 1.807) is 0 Å². The number of nitrogens with zero attached hydrogens (tertiary/aromatic N) is 2. The minimum absolute atomic E-state index is 0.0254. The lowest BCUT2D eigenvalue weighted by molar-refractivity contribution is -0.385. The summed E-state index contributed by atoms with van der Waals surface area (Å²) >= 11 is 0. The molecule has 6 heteroatoms. The van der Waals surface area contributed by atoms with Crippen LogP contribution in [0.2, 0.25) is 0 Å². The molecule has 6 nitrogen and oxygen atoms in total. The van der Waals surface area contributed by atoms with Crippen molar-refractivity contribution in [3.05, 3.63) is 38.8 Å². The van der Waals surface area contributed by atoms with Gasteiger partial charge in [0.15, 0.2) is 5.78 Å². The summed E-state index contributed by atoms with van der Waals surface area (Å²) in [4.78, 5) is 32.8. The maximum absolute atomic E-state index is 11.5. The zero-order valence-electron chi connectivity index (χ0n) is 8.46. The highest BCUT2D eigenvalue weighted by Gasteiger charge is 2.29. The van der Waals surface area contributed by atoms with E-state index in [-0.39, 0.29) is 29.5 Å². The van der Waals surface area contributed by atoms with Gasteiger partial charge in [0.05, 0.1) is 17.7 Å². The zero-order valence-corrected chi connectivity index (χ0v) is 8.46. The highest BCUT2D eigenvalue weighted by molar-refractivity contribution is 5.82. The van der Waals surface area contributed by atoms with Gasteiger partial charge in [-0.1, -0.05) is 0 Å². The molecule has 84 valence electrons. The number of ketones is 1. The number of pyridine rings is 1. The Hall–Kier alpha value is -1.98. The lowest BCUT2D eigenvalue weighted by atomic mass is 10.2. The Morgan fingerprint density at radius 1 is 1.50 bits per heavy atom. The topological polar surface area (TPSA) is 82.2 Å². The Morgan fingerprint density at radius 2 is 2.19 bits per heavy atom. The standard InChI is InChI=1S/C10H10N2O4/c13-9(7-1-2-7)6-11-5-8(12(15)16)3-4-10(11)14/h3-5,7H,1-2,6H2. The fourth-order valence-corrected chi connectivity index (χ4v) is 1.45. The lowest BCUT2D eigenvalue weighted by Gasteiger charge is -2.03. The first-order valence-electron chi connectivity index (χ1n) is 4.95. The predicted molar refractivity (Wildman–Crippen MR) is 55.1 cm³/mol. The number of aromatic nitrogens is 1. The molecule has 16 heavy (non-hydrogen) atoms. The van der Waals surface area contributed by atoms with Gasteiger partial charge in [0.1, 0.15) is 0 Å². The van der Waals surface area contributed by atoms with Crippen molar-refractivity contribution in [3.8, 4) is 0 Å². The van der Waals surface area contributed by atoms with Gasteiger partial charge in [-0.05, 0) is 12.8 Å². The fraction of sp³-hybridized carbons (Fsp3) is 0.400. The molecule has 1 aromatic rings. The number of hydrogen-bond donors (Lipinski definition) is 0. The molecule has 1 heterocycles. The summed E-state index contributed by atoms with van der Waals surface area (Å²) in [6, 6.07) is 2.25. The van der Waals surface area contributed by atoms with Crippen LogP contribution in [-0.4, -0.2) is 15.3 Å². The molecular formula is C10H10N2O4. The summed E-state index contributed by atoms with van der Waals surface area (Å²) < 4.78 is 1.10. The average molecular weight is 222 g/mol. The molecule has 1 aliphatic carbocycles. The van der Waals surface area contributed by atoms with E-state index in [2.05, 4.69) is 0 Å². The lowest BCUT2D eigenvalue weighted by Crippen LogP contribution is -2.24. The Balaban J connectivity index is 2.24. The van der Waals surface area contributed by atoms with Crippen LogP contribution in [0.1, 0.15) is 12.8 Å². The van der Waals surface area contributed by atoms with E-state index < -0.39 is 4.92 Å². The van der Waals surface area contributed by atoms with Gasteiger partial charge < -0.3 is 4.57 Å². The minimum Gasteiger partial charge on any atom is -0.301 e. The first kappa shape index (κ1) is 10.5. The molecule has 0 saturated heterocycles. The van der Waals surface area contributed by atoms with Crippen molar-refractivity contribution in [1.29, 1.82) is 0 Å². The number of Topliss-reactive ketones (excluding diaryl/α,β-unsaturated/α-hetero) is 1. The quantitative estimate of drug-likeness (QED) is 0.555. The molecular weight excluding hydrogens is 212 g/mol. The van der Waals surface area contributed by atoms with Gasteiger partial charge in [0.2, 0.25) is 0 Å². The summed E-state index contributed by atoms with van der Waals surface area (Å²) in [6.45, 7) is -0.0643.